The summed E-state index contributed by atoms with van der Waals surface area (Å²) in [6, 6.07) is 7.41. The number of anilines is 2. The molecule has 4 N–H and O–H groups in total. The molecule has 19 heavy (non-hydrogen) atoms. The molecule has 0 saturated carbocycles. The minimum Gasteiger partial charge on any atom is -0.320 e. The van der Waals surface area contributed by atoms with Crippen molar-refractivity contribution in [3.05, 3.63) is 45.4 Å². The average molecular weight is 373 g/mol. The van der Waals surface area contributed by atoms with E-state index in [9.17, 15) is 9.18 Å². The molecule has 0 saturated heterocycles. The molecule has 1 heterocycles. The maximum Gasteiger partial charge on any atom is 0.276 e. The largest absolute Gasteiger partial charge is 0.320 e. The number of hydrogen-bond donors (Lipinski definition) is 3. The Morgan fingerprint density at radius 2 is 2.05 bits per heavy atom. The molecule has 0 aliphatic heterocycles. The third kappa shape index (κ3) is 3.15. The van der Waals surface area contributed by atoms with Crippen LogP contribution in [0.5, 0.6) is 0 Å². The van der Waals surface area contributed by atoms with Crippen molar-refractivity contribution in [1.29, 1.82) is 0 Å². The summed E-state index contributed by atoms with van der Waals surface area (Å²) >= 11 is 1.82. The topological polar surface area (TPSA) is 92.9 Å². The lowest BCUT2D eigenvalue weighted by atomic mass is 10.3. The van der Waals surface area contributed by atoms with Crippen LogP contribution in [-0.4, -0.2) is 16.1 Å². The number of aromatic nitrogens is 2. The number of amides is 1. The quantitative estimate of drug-likeness (QED) is 0.433. The van der Waals surface area contributed by atoms with Crippen molar-refractivity contribution in [3.8, 4) is 0 Å². The number of nitrogens with two attached hydrogens (primary N) is 1. The lowest BCUT2D eigenvalue weighted by Gasteiger charge is -2.07. The summed E-state index contributed by atoms with van der Waals surface area (Å²) in [6.07, 6.45) is 0. The van der Waals surface area contributed by atoms with Crippen molar-refractivity contribution in [2.75, 3.05) is 10.7 Å². The Hall–Kier alpha value is -1.81. The van der Waals surface area contributed by atoms with E-state index in [4.69, 9.17) is 5.84 Å². The van der Waals surface area contributed by atoms with E-state index in [1.54, 1.807) is 6.07 Å². The van der Waals surface area contributed by atoms with Crippen LogP contribution in [0.25, 0.3) is 0 Å². The maximum absolute atomic E-state index is 13.3. The first kappa shape index (κ1) is 13.6. The molecule has 0 aliphatic carbocycles. The first-order chi connectivity index (χ1) is 9.11. The van der Waals surface area contributed by atoms with Crippen molar-refractivity contribution >= 4 is 40.0 Å². The van der Waals surface area contributed by atoms with Gasteiger partial charge in [0.2, 0.25) is 0 Å². The van der Waals surface area contributed by atoms with E-state index in [0.717, 1.165) is 0 Å². The van der Waals surface area contributed by atoms with Gasteiger partial charge in [-0.1, -0.05) is 6.07 Å². The predicted octanol–water partition coefficient (Wildman–Crippen LogP) is 1.76. The number of carbonyl (C=O) groups is 1. The van der Waals surface area contributed by atoms with Gasteiger partial charge < -0.3 is 10.7 Å². The van der Waals surface area contributed by atoms with Crippen LogP contribution >= 0.6 is 22.6 Å². The molecule has 0 spiro atoms. The zero-order valence-electron chi connectivity index (χ0n) is 9.52. The van der Waals surface area contributed by atoms with E-state index in [0.29, 0.717) is 15.1 Å². The summed E-state index contributed by atoms with van der Waals surface area (Å²) in [5.41, 5.74) is 2.80. The van der Waals surface area contributed by atoms with Gasteiger partial charge in [-0.25, -0.2) is 10.2 Å². The summed E-state index contributed by atoms with van der Waals surface area (Å²) in [5, 5.41) is 9.94. The van der Waals surface area contributed by atoms with E-state index in [1.165, 1.54) is 24.3 Å². The van der Waals surface area contributed by atoms with Gasteiger partial charge in [0.1, 0.15) is 5.82 Å². The van der Waals surface area contributed by atoms with Gasteiger partial charge in [-0.3, -0.25) is 4.79 Å². The maximum atomic E-state index is 13.3. The van der Waals surface area contributed by atoms with E-state index < -0.39 is 11.7 Å². The highest BCUT2D eigenvalue weighted by Crippen LogP contribution is 2.21. The SMILES string of the molecule is NNc1ccc(C(=O)Nc2cccc(F)c2I)nn1. The fourth-order valence-corrected chi connectivity index (χ4v) is 1.81. The first-order valence-corrected chi connectivity index (χ1v) is 6.25. The molecule has 0 bridgehead atoms. The Balaban J connectivity index is 2.18. The van der Waals surface area contributed by atoms with Gasteiger partial charge in [-0.2, -0.15) is 0 Å². The van der Waals surface area contributed by atoms with Gasteiger partial charge in [0.15, 0.2) is 11.5 Å². The average Bonchev–Trinajstić information content (AvgIpc) is 2.44. The Morgan fingerprint density at radius 3 is 2.68 bits per heavy atom. The normalized spacial score (nSPS) is 10.1. The molecule has 8 heteroatoms. The summed E-state index contributed by atoms with van der Waals surface area (Å²) in [7, 11) is 0. The second-order valence-electron chi connectivity index (χ2n) is 3.50. The lowest BCUT2D eigenvalue weighted by molar-refractivity contribution is 0.102. The molecular weight excluding hydrogens is 364 g/mol. The third-order valence-electron chi connectivity index (χ3n) is 2.24. The van der Waals surface area contributed by atoms with Gasteiger partial charge in [0.05, 0.1) is 9.26 Å². The van der Waals surface area contributed by atoms with Crippen LogP contribution in [0.3, 0.4) is 0 Å². The van der Waals surface area contributed by atoms with Crippen molar-refractivity contribution in [1.82, 2.24) is 10.2 Å². The van der Waals surface area contributed by atoms with Gasteiger partial charge in [0, 0.05) is 0 Å². The van der Waals surface area contributed by atoms with Crippen molar-refractivity contribution < 1.29 is 9.18 Å². The molecule has 1 aromatic carbocycles. The van der Waals surface area contributed by atoms with E-state index >= 15 is 0 Å². The molecule has 0 unspecified atom stereocenters. The Kier molecular flexibility index (Phi) is 4.22. The van der Waals surface area contributed by atoms with E-state index in [1.807, 2.05) is 22.6 Å². The van der Waals surface area contributed by atoms with Gasteiger partial charge in [-0.05, 0) is 46.9 Å². The number of nitrogen functional groups attached to an aromatic ring is 1. The first-order valence-electron chi connectivity index (χ1n) is 5.17. The number of rotatable bonds is 3. The fourth-order valence-electron chi connectivity index (χ4n) is 1.32. The molecule has 6 nitrogen and oxygen atoms in total. The van der Waals surface area contributed by atoms with Crippen LogP contribution in [0, 0.1) is 9.39 Å². The number of carbonyl (C=O) groups excluding carboxylic acids is 1. The number of benzene rings is 1. The second kappa shape index (κ2) is 5.89. The minimum atomic E-state index is -0.473. The molecule has 2 rings (SSSR count). The Labute approximate surface area is 121 Å². The van der Waals surface area contributed by atoms with E-state index in [-0.39, 0.29) is 5.69 Å². The zero-order chi connectivity index (χ0) is 13.8. The summed E-state index contributed by atoms with van der Waals surface area (Å²) in [4.78, 5) is 11.9. The minimum absolute atomic E-state index is 0.110. The molecule has 1 amide bonds. The van der Waals surface area contributed by atoms with Gasteiger partial charge in [0.25, 0.3) is 5.91 Å². The van der Waals surface area contributed by atoms with Crippen LogP contribution in [0.1, 0.15) is 10.5 Å². The molecule has 1 aromatic heterocycles. The molecular formula is C11H9FIN5O. The van der Waals surface area contributed by atoms with E-state index in [2.05, 4.69) is 20.9 Å². The standard InChI is InChI=1S/C11H9FIN5O/c12-6-2-1-3-7(10(6)13)15-11(19)8-4-5-9(16-14)18-17-8/h1-5H,14H2,(H,15,19)(H,16,18). The summed E-state index contributed by atoms with van der Waals surface area (Å²) in [6.45, 7) is 0. The highest BCUT2D eigenvalue weighted by Gasteiger charge is 2.12. The van der Waals surface area contributed by atoms with Gasteiger partial charge in [-0.15, -0.1) is 10.2 Å². The Morgan fingerprint density at radius 1 is 1.26 bits per heavy atom. The monoisotopic (exact) mass is 373 g/mol. The summed E-state index contributed by atoms with van der Waals surface area (Å²) < 4.78 is 13.7. The summed E-state index contributed by atoms with van der Waals surface area (Å²) in [5.74, 6) is 4.62. The molecule has 0 radical (unpaired) electrons. The van der Waals surface area contributed by atoms with Crippen LogP contribution in [0.15, 0.2) is 30.3 Å². The smallest absolute Gasteiger partial charge is 0.276 e. The predicted molar refractivity (Wildman–Crippen MR) is 76.9 cm³/mol. The fraction of sp³-hybridized carbons (Fsp3) is 0. The number of hydrazine groups is 1. The van der Waals surface area contributed by atoms with Crippen molar-refractivity contribution in [2.45, 2.75) is 0 Å². The number of hydrogen-bond acceptors (Lipinski definition) is 5. The molecule has 0 fully saturated rings. The van der Waals surface area contributed by atoms with Crippen LogP contribution in [-0.2, 0) is 0 Å². The lowest BCUT2D eigenvalue weighted by Crippen LogP contribution is -2.16. The zero-order valence-corrected chi connectivity index (χ0v) is 11.7. The van der Waals surface area contributed by atoms with Gasteiger partial charge >= 0.3 is 0 Å². The third-order valence-corrected chi connectivity index (χ3v) is 3.34. The highest BCUT2D eigenvalue weighted by molar-refractivity contribution is 14.1. The molecule has 2 aromatic rings. The second-order valence-corrected chi connectivity index (χ2v) is 4.58. The van der Waals surface area contributed by atoms with Crippen molar-refractivity contribution in [2.24, 2.45) is 5.84 Å². The number of halogens is 2. The molecule has 98 valence electrons. The highest BCUT2D eigenvalue weighted by atomic mass is 127. The number of nitrogens with one attached hydrogen (secondary N) is 2. The Bertz CT molecular complexity index is 605. The molecule has 0 aliphatic rings. The van der Waals surface area contributed by atoms with Crippen LogP contribution in [0.2, 0.25) is 0 Å². The molecule has 0 atom stereocenters. The van der Waals surface area contributed by atoms with Crippen LogP contribution < -0.4 is 16.6 Å². The number of nitrogens with zero attached hydrogens (tertiary/aromatic N) is 2. The van der Waals surface area contributed by atoms with Crippen molar-refractivity contribution in [3.63, 3.8) is 0 Å². The van der Waals surface area contributed by atoms with Crippen LogP contribution in [0.4, 0.5) is 15.9 Å².